The highest BCUT2D eigenvalue weighted by Crippen LogP contribution is 2.24. The van der Waals surface area contributed by atoms with Gasteiger partial charge in [0.05, 0.1) is 0 Å². The lowest BCUT2D eigenvalue weighted by Crippen LogP contribution is -2.32. The summed E-state index contributed by atoms with van der Waals surface area (Å²) in [5, 5.41) is 3.37. The minimum Gasteiger partial charge on any atom is -0.443 e. The molecule has 3 aromatic rings. The van der Waals surface area contributed by atoms with Crippen molar-refractivity contribution >= 4 is 22.7 Å². The molecule has 3 rings (SSSR count). The number of carbonyl (C=O) groups excluding carboxylic acids is 1. The molecule has 2 aromatic heterocycles. The van der Waals surface area contributed by atoms with Crippen molar-refractivity contribution in [1.29, 1.82) is 0 Å². The number of hydrogen-bond donors (Lipinski definition) is 1. The number of furan rings is 1. The second-order valence-electron chi connectivity index (χ2n) is 6.86. The molecule has 1 unspecified atom stereocenters. The Hall–Kier alpha value is -2.89. The summed E-state index contributed by atoms with van der Waals surface area (Å²) in [4.78, 5) is 29.8. The fourth-order valence-corrected chi connectivity index (χ4v) is 3.26. The first kappa shape index (κ1) is 17.9. The molecule has 1 aromatic carbocycles. The Morgan fingerprint density at radius 1 is 1.15 bits per heavy atom. The molecule has 0 saturated heterocycles. The molecular formula is C20H23N3O3. The fraction of sp³-hybridized carbons (Fsp3) is 0.350. The van der Waals surface area contributed by atoms with Gasteiger partial charge in [0, 0.05) is 11.3 Å². The number of fused-ring (bicyclic) bond motifs is 1. The number of amides is 1. The van der Waals surface area contributed by atoms with Gasteiger partial charge in [-0.3, -0.25) is 14.2 Å². The van der Waals surface area contributed by atoms with E-state index in [4.69, 9.17) is 4.42 Å². The van der Waals surface area contributed by atoms with Crippen LogP contribution < -0.4 is 10.9 Å². The maximum Gasteiger partial charge on any atom is 0.265 e. The summed E-state index contributed by atoms with van der Waals surface area (Å²) >= 11 is 0. The van der Waals surface area contributed by atoms with Gasteiger partial charge in [0.15, 0.2) is 0 Å². The highest BCUT2D eigenvalue weighted by Gasteiger charge is 2.21. The number of hydrogen-bond acceptors (Lipinski definition) is 4. The van der Waals surface area contributed by atoms with E-state index >= 15 is 0 Å². The summed E-state index contributed by atoms with van der Waals surface area (Å²) in [6.07, 6.45) is 1.37. The first-order valence-corrected chi connectivity index (χ1v) is 8.56. The largest absolute Gasteiger partial charge is 0.443 e. The molecule has 0 spiro atoms. The van der Waals surface area contributed by atoms with Crippen LogP contribution in [0.5, 0.6) is 0 Å². The average Bonchev–Trinajstić information content (AvgIpc) is 2.85. The van der Waals surface area contributed by atoms with Crippen molar-refractivity contribution in [2.24, 2.45) is 0 Å². The van der Waals surface area contributed by atoms with Crippen molar-refractivity contribution in [1.82, 2.24) is 9.55 Å². The molecular weight excluding hydrogens is 330 g/mol. The summed E-state index contributed by atoms with van der Waals surface area (Å²) in [6.45, 7) is 11.2. The van der Waals surface area contributed by atoms with Gasteiger partial charge in [-0.25, -0.2) is 4.98 Å². The van der Waals surface area contributed by atoms with Crippen molar-refractivity contribution in [3.63, 3.8) is 0 Å². The summed E-state index contributed by atoms with van der Waals surface area (Å²) in [5.74, 6) is 0.395. The Morgan fingerprint density at radius 2 is 1.77 bits per heavy atom. The highest BCUT2D eigenvalue weighted by molar-refractivity contribution is 5.95. The Bertz CT molecular complexity index is 1050. The van der Waals surface area contributed by atoms with E-state index in [2.05, 4.69) is 10.3 Å². The lowest BCUT2D eigenvalue weighted by molar-refractivity contribution is -0.118. The van der Waals surface area contributed by atoms with Crippen LogP contribution in [0.4, 0.5) is 5.69 Å². The van der Waals surface area contributed by atoms with Crippen molar-refractivity contribution < 1.29 is 9.21 Å². The van der Waals surface area contributed by atoms with Crippen LogP contribution in [0.1, 0.15) is 41.0 Å². The third-order valence-corrected chi connectivity index (χ3v) is 4.84. The zero-order chi connectivity index (χ0) is 19.2. The van der Waals surface area contributed by atoms with Crippen molar-refractivity contribution in [2.75, 3.05) is 5.32 Å². The highest BCUT2D eigenvalue weighted by atomic mass is 16.3. The molecule has 1 amide bonds. The van der Waals surface area contributed by atoms with Gasteiger partial charge in [-0.05, 0) is 52.7 Å². The molecule has 0 bridgehead atoms. The van der Waals surface area contributed by atoms with E-state index in [1.807, 2.05) is 39.8 Å². The van der Waals surface area contributed by atoms with E-state index in [-0.39, 0.29) is 11.5 Å². The van der Waals surface area contributed by atoms with E-state index in [1.165, 1.54) is 10.9 Å². The smallest absolute Gasteiger partial charge is 0.265 e. The maximum absolute atomic E-state index is 12.8. The molecule has 0 aliphatic heterocycles. The predicted molar refractivity (Wildman–Crippen MR) is 102 cm³/mol. The van der Waals surface area contributed by atoms with Crippen molar-refractivity contribution in [3.05, 3.63) is 56.8 Å². The van der Waals surface area contributed by atoms with Gasteiger partial charge < -0.3 is 9.73 Å². The lowest BCUT2D eigenvalue weighted by atomic mass is 10.0. The van der Waals surface area contributed by atoms with E-state index in [0.29, 0.717) is 16.9 Å². The van der Waals surface area contributed by atoms with Gasteiger partial charge in [-0.2, -0.15) is 0 Å². The second-order valence-corrected chi connectivity index (χ2v) is 6.86. The van der Waals surface area contributed by atoms with Crippen LogP contribution in [-0.2, 0) is 4.79 Å². The number of rotatable bonds is 3. The number of nitrogens with zero attached hydrogens (tertiary/aromatic N) is 2. The van der Waals surface area contributed by atoms with Crippen LogP contribution in [0.15, 0.2) is 27.7 Å². The van der Waals surface area contributed by atoms with Crippen molar-refractivity contribution in [2.45, 2.75) is 47.6 Å². The molecule has 2 heterocycles. The topological polar surface area (TPSA) is 77.1 Å². The van der Waals surface area contributed by atoms with Gasteiger partial charge in [-0.15, -0.1) is 0 Å². The zero-order valence-electron chi connectivity index (χ0n) is 15.9. The minimum atomic E-state index is -0.700. The molecule has 1 N–H and O–H groups in total. The standard InChI is InChI=1S/C20H23N3O3/c1-10-7-11(2)17(12(3)8-10)22-18(24)14(5)23-9-21-19-16(20(23)25)13(4)15(6)26-19/h7-9,14H,1-6H3,(H,22,24). The minimum absolute atomic E-state index is 0.263. The molecule has 1 atom stereocenters. The van der Waals surface area contributed by atoms with Crippen LogP contribution in [-0.4, -0.2) is 15.5 Å². The fourth-order valence-electron chi connectivity index (χ4n) is 3.26. The Balaban J connectivity index is 1.97. The molecule has 0 aliphatic carbocycles. The first-order valence-electron chi connectivity index (χ1n) is 8.56. The number of anilines is 1. The maximum atomic E-state index is 12.8. The van der Waals surface area contributed by atoms with E-state index in [0.717, 1.165) is 27.9 Å². The first-order chi connectivity index (χ1) is 12.2. The second kappa shape index (κ2) is 6.44. The molecule has 136 valence electrons. The summed E-state index contributed by atoms with van der Waals surface area (Å²) in [7, 11) is 0. The predicted octanol–water partition coefficient (Wildman–Crippen LogP) is 3.73. The van der Waals surface area contributed by atoms with Crippen molar-refractivity contribution in [3.8, 4) is 0 Å². The van der Waals surface area contributed by atoms with Gasteiger partial charge in [-0.1, -0.05) is 17.7 Å². The van der Waals surface area contributed by atoms with Gasteiger partial charge >= 0.3 is 0 Å². The summed E-state index contributed by atoms with van der Waals surface area (Å²) < 4.78 is 6.83. The van der Waals surface area contributed by atoms with Crippen LogP contribution in [0.25, 0.3) is 11.1 Å². The number of aryl methyl sites for hydroxylation is 5. The summed E-state index contributed by atoms with van der Waals surface area (Å²) in [6, 6.07) is 3.34. The zero-order valence-corrected chi connectivity index (χ0v) is 15.9. The van der Waals surface area contributed by atoms with E-state index < -0.39 is 6.04 Å². The average molecular weight is 353 g/mol. The Labute approximate surface area is 151 Å². The van der Waals surface area contributed by atoms with Crippen LogP contribution in [0, 0.1) is 34.6 Å². The number of aromatic nitrogens is 2. The van der Waals surface area contributed by atoms with Crippen LogP contribution >= 0.6 is 0 Å². The number of carbonyl (C=O) groups is 1. The van der Waals surface area contributed by atoms with E-state index in [9.17, 15) is 9.59 Å². The molecule has 26 heavy (non-hydrogen) atoms. The Morgan fingerprint density at radius 3 is 2.38 bits per heavy atom. The molecule has 6 nitrogen and oxygen atoms in total. The van der Waals surface area contributed by atoms with Crippen LogP contribution in [0.2, 0.25) is 0 Å². The number of nitrogens with one attached hydrogen (secondary N) is 1. The third-order valence-electron chi connectivity index (χ3n) is 4.84. The third kappa shape index (κ3) is 2.92. The monoisotopic (exact) mass is 353 g/mol. The normalized spacial score (nSPS) is 12.4. The molecule has 0 radical (unpaired) electrons. The summed E-state index contributed by atoms with van der Waals surface area (Å²) in [5.41, 5.74) is 4.69. The Kier molecular flexibility index (Phi) is 4.44. The van der Waals surface area contributed by atoms with Gasteiger partial charge in [0.25, 0.3) is 5.56 Å². The van der Waals surface area contributed by atoms with Crippen LogP contribution in [0.3, 0.4) is 0 Å². The molecule has 6 heteroatoms. The SMILES string of the molecule is Cc1cc(C)c(NC(=O)C(C)n2cnc3oc(C)c(C)c3c2=O)c(C)c1. The lowest BCUT2D eigenvalue weighted by Gasteiger charge is -2.17. The molecule has 0 saturated carbocycles. The number of benzene rings is 1. The van der Waals surface area contributed by atoms with Gasteiger partial charge in [0.1, 0.15) is 23.5 Å². The molecule has 0 aliphatic rings. The molecule has 0 fully saturated rings. The quantitative estimate of drug-likeness (QED) is 0.778. The van der Waals surface area contributed by atoms with Gasteiger partial charge in [0.2, 0.25) is 11.6 Å². The van der Waals surface area contributed by atoms with E-state index in [1.54, 1.807) is 13.8 Å².